The number of hydrogen-bond donors (Lipinski definition) is 0. The van der Waals surface area contributed by atoms with Crippen LogP contribution in [-0.2, 0) is 4.74 Å². The molecule has 2 unspecified atom stereocenters. The van der Waals surface area contributed by atoms with E-state index in [9.17, 15) is 0 Å². The molecule has 3 aromatic rings. The molecule has 0 saturated carbocycles. The summed E-state index contributed by atoms with van der Waals surface area (Å²) in [6.07, 6.45) is -0.0268. The molecular formula is C21H17NOS. The van der Waals surface area contributed by atoms with Crippen LogP contribution < -0.4 is 0 Å². The maximum absolute atomic E-state index is 6.23. The van der Waals surface area contributed by atoms with Crippen molar-refractivity contribution in [1.29, 1.82) is 0 Å². The van der Waals surface area contributed by atoms with E-state index in [0.29, 0.717) is 0 Å². The maximum Gasteiger partial charge on any atom is 0.252 e. The zero-order valence-electron chi connectivity index (χ0n) is 13.1. The summed E-state index contributed by atoms with van der Waals surface area (Å²) in [4.78, 5) is 4.67. The van der Waals surface area contributed by atoms with E-state index >= 15 is 0 Å². The summed E-state index contributed by atoms with van der Waals surface area (Å²) >= 11 is 1.69. The molecule has 1 heterocycles. The smallest absolute Gasteiger partial charge is 0.252 e. The fraction of sp³-hybridized carbons (Fsp3) is 0.0952. The Labute approximate surface area is 146 Å². The first kappa shape index (κ1) is 15.0. The predicted octanol–water partition coefficient (Wildman–Crippen LogP) is 5.92. The first-order valence-electron chi connectivity index (χ1n) is 7.97. The van der Waals surface area contributed by atoms with E-state index in [1.165, 1.54) is 11.1 Å². The Hall–Kier alpha value is -2.52. The highest BCUT2D eigenvalue weighted by atomic mass is 32.2. The Kier molecular flexibility index (Phi) is 4.34. The van der Waals surface area contributed by atoms with E-state index in [-0.39, 0.29) is 11.4 Å². The second-order valence-electron chi connectivity index (χ2n) is 5.61. The Morgan fingerprint density at radius 3 is 1.83 bits per heavy atom. The Balaban J connectivity index is 1.69. The largest absolute Gasteiger partial charge is 0.463 e. The van der Waals surface area contributed by atoms with Crippen LogP contribution in [-0.4, -0.2) is 5.23 Å². The third-order valence-electron chi connectivity index (χ3n) is 3.96. The summed E-state index contributed by atoms with van der Waals surface area (Å²) in [5, 5.41) is 0.931. The van der Waals surface area contributed by atoms with Gasteiger partial charge in [0.15, 0.2) is 0 Å². The summed E-state index contributed by atoms with van der Waals surface area (Å²) in [6.45, 7) is 0. The lowest BCUT2D eigenvalue weighted by atomic mass is 10.0. The fourth-order valence-corrected chi connectivity index (χ4v) is 3.96. The highest BCUT2D eigenvalue weighted by Crippen LogP contribution is 2.49. The van der Waals surface area contributed by atoms with Crippen molar-refractivity contribution >= 4 is 22.7 Å². The van der Waals surface area contributed by atoms with Gasteiger partial charge in [-0.3, -0.25) is 0 Å². The van der Waals surface area contributed by atoms with Crippen LogP contribution in [0.15, 0.2) is 96.0 Å². The number of aliphatic imine (C=N–C) groups is 1. The number of nitrogens with zero attached hydrogens (tertiary/aromatic N) is 1. The lowest BCUT2D eigenvalue weighted by Crippen LogP contribution is -2.05. The van der Waals surface area contributed by atoms with Crippen molar-refractivity contribution in [2.75, 3.05) is 0 Å². The van der Waals surface area contributed by atoms with Gasteiger partial charge in [0, 0.05) is 0 Å². The van der Waals surface area contributed by atoms with Crippen LogP contribution in [0.4, 0.5) is 5.69 Å². The van der Waals surface area contributed by atoms with Crippen molar-refractivity contribution in [3.63, 3.8) is 0 Å². The van der Waals surface area contributed by atoms with Crippen LogP contribution in [0.2, 0.25) is 0 Å². The van der Waals surface area contributed by atoms with Crippen molar-refractivity contribution in [1.82, 2.24) is 0 Å². The van der Waals surface area contributed by atoms with Crippen molar-refractivity contribution in [2.24, 2.45) is 4.99 Å². The topological polar surface area (TPSA) is 21.6 Å². The Morgan fingerprint density at radius 1 is 0.667 bits per heavy atom. The molecule has 3 aromatic carbocycles. The standard InChI is InChI=1S/C21H17NOS/c1-4-10-16(11-5-1)19-20(17-12-6-2-7-13-17)24-21(23-19)22-18-14-8-3-9-15-18/h1-15,19-20H. The van der Waals surface area contributed by atoms with Gasteiger partial charge in [-0.25, -0.2) is 4.99 Å². The minimum Gasteiger partial charge on any atom is -0.463 e. The molecule has 1 aliphatic heterocycles. The van der Waals surface area contributed by atoms with Gasteiger partial charge in [0.25, 0.3) is 5.23 Å². The number of para-hydroxylation sites is 1. The van der Waals surface area contributed by atoms with Gasteiger partial charge in [0.2, 0.25) is 0 Å². The lowest BCUT2D eigenvalue weighted by Gasteiger charge is -2.17. The summed E-state index contributed by atoms with van der Waals surface area (Å²) in [5.74, 6) is 0. The average Bonchev–Trinajstić information content (AvgIpc) is 3.08. The third kappa shape index (κ3) is 3.22. The zero-order chi connectivity index (χ0) is 16.2. The number of thioether (sulfide) groups is 1. The predicted molar refractivity (Wildman–Crippen MR) is 101 cm³/mol. The monoisotopic (exact) mass is 331 g/mol. The van der Waals surface area contributed by atoms with Crippen LogP contribution in [0, 0.1) is 0 Å². The molecule has 0 aromatic heterocycles. The maximum atomic E-state index is 6.23. The molecule has 0 spiro atoms. The van der Waals surface area contributed by atoms with Gasteiger partial charge in [0.1, 0.15) is 6.10 Å². The van der Waals surface area contributed by atoms with E-state index < -0.39 is 0 Å². The highest BCUT2D eigenvalue weighted by molar-refractivity contribution is 8.14. The van der Waals surface area contributed by atoms with E-state index in [1.807, 2.05) is 42.5 Å². The van der Waals surface area contributed by atoms with Crippen LogP contribution in [0.1, 0.15) is 22.5 Å². The van der Waals surface area contributed by atoms with Crippen LogP contribution in [0.3, 0.4) is 0 Å². The molecule has 24 heavy (non-hydrogen) atoms. The van der Waals surface area contributed by atoms with Crippen molar-refractivity contribution < 1.29 is 4.74 Å². The van der Waals surface area contributed by atoms with Gasteiger partial charge in [-0.05, 0) is 23.3 Å². The van der Waals surface area contributed by atoms with Crippen molar-refractivity contribution in [3.8, 4) is 0 Å². The average molecular weight is 331 g/mol. The Bertz CT molecular complexity index is 769. The molecule has 1 aliphatic rings. The first-order chi connectivity index (χ1) is 11.9. The summed E-state index contributed by atoms with van der Waals surface area (Å²) in [6, 6.07) is 30.8. The second kappa shape index (κ2) is 6.93. The highest BCUT2D eigenvalue weighted by Gasteiger charge is 2.36. The second-order valence-corrected chi connectivity index (χ2v) is 6.70. The fourth-order valence-electron chi connectivity index (χ4n) is 2.80. The van der Waals surface area contributed by atoms with Gasteiger partial charge < -0.3 is 4.74 Å². The molecular weight excluding hydrogens is 314 g/mol. The summed E-state index contributed by atoms with van der Waals surface area (Å²) < 4.78 is 6.23. The van der Waals surface area contributed by atoms with Gasteiger partial charge in [-0.15, -0.1) is 0 Å². The number of benzene rings is 3. The minimum absolute atomic E-state index is 0.0268. The molecule has 1 saturated heterocycles. The molecule has 0 radical (unpaired) electrons. The van der Waals surface area contributed by atoms with E-state index in [0.717, 1.165) is 10.9 Å². The number of ether oxygens (including phenoxy) is 1. The van der Waals surface area contributed by atoms with Gasteiger partial charge in [0.05, 0.1) is 10.9 Å². The molecule has 0 bridgehead atoms. The van der Waals surface area contributed by atoms with E-state index in [4.69, 9.17) is 4.74 Å². The molecule has 0 aliphatic carbocycles. The number of rotatable bonds is 3. The summed E-state index contributed by atoms with van der Waals surface area (Å²) in [7, 11) is 0. The van der Waals surface area contributed by atoms with Crippen LogP contribution in [0.25, 0.3) is 0 Å². The number of hydrogen-bond acceptors (Lipinski definition) is 3. The molecule has 2 atom stereocenters. The Morgan fingerprint density at radius 2 is 1.21 bits per heavy atom. The van der Waals surface area contributed by atoms with E-state index in [1.54, 1.807) is 11.8 Å². The van der Waals surface area contributed by atoms with Gasteiger partial charge in [-0.2, -0.15) is 0 Å². The molecule has 0 amide bonds. The van der Waals surface area contributed by atoms with E-state index in [2.05, 4.69) is 53.5 Å². The molecule has 118 valence electrons. The minimum atomic E-state index is -0.0268. The SMILES string of the molecule is c1ccc(N=C2OC(c3ccccc3)C(c3ccccc3)S2)cc1. The lowest BCUT2D eigenvalue weighted by molar-refractivity contribution is 0.209. The van der Waals surface area contributed by atoms with Gasteiger partial charge in [-0.1, -0.05) is 90.6 Å². The normalized spacial score (nSPS) is 21.6. The zero-order valence-corrected chi connectivity index (χ0v) is 13.9. The quantitative estimate of drug-likeness (QED) is 0.594. The van der Waals surface area contributed by atoms with Gasteiger partial charge >= 0.3 is 0 Å². The van der Waals surface area contributed by atoms with Crippen molar-refractivity contribution in [3.05, 3.63) is 102 Å². The van der Waals surface area contributed by atoms with Crippen LogP contribution >= 0.6 is 11.8 Å². The molecule has 2 nitrogen and oxygen atoms in total. The van der Waals surface area contributed by atoms with Crippen LogP contribution in [0.5, 0.6) is 0 Å². The third-order valence-corrected chi connectivity index (χ3v) is 5.13. The molecule has 1 fully saturated rings. The molecule has 0 N–H and O–H groups in total. The first-order valence-corrected chi connectivity index (χ1v) is 8.85. The molecule has 4 rings (SSSR count). The van der Waals surface area contributed by atoms with Crippen molar-refractivity contribution in [2.45, 2.75) is 11.4 Å². The summed E-state index contributed by atoms with van der Waals surface area (Å²) in [5.41, 5.74) is 3.35. The molecule has 3 heteroatoms.